The van der Waals surface area contributed by atoms with Gasteiger partial charge in [0.1, 0.15) is 0 Å². The van der Waals surface area contributed by atoms with Gasteiger partial charge in [0.25, 0.3) is 0 Å². The number of aromatic carboxylic acids is 1. The second-order valence-corrected chi connectivity index (χ2v) is 3.77. The van der Waals surface area contributed by atoms with Gasteiger partial charge in [-0.05, 0) is 34.1 Å². The fourth-order valence-electron chi connectivity index (χ4n) is 1.10. The smallest absolute Gasteiger partial charge is 0.336 e. The van der Waals surface area contributed by atoms with Gasteiger partial charge in [0.05, 0.1) is 12.2 Å². The average molecular weight is 274 g/mol. The van der Waals surface area contributed by atoms with Crippen LogP contribution in [0, 0.1) is 0 Å². The topological polar surface area (TPSA) is 58.6 Å². The summed E-state index contributed by atoms with van der Waals surface area (Å²) in [5.41, 5.74) is 1.12. The summed E-state index contributed by atoms with van der Waals surface area (Å²) in [4.78, 5) is 10.7. The lowest BCUT2D eigenvalue weighted by Gasteiger charge is -2.07. The fraction of sp³-hybridized carbons (Fsp3) is 0.300. The molecule has 0 aromatic heterocycles. The minimum atomic E-state index is -0.940. The van der Waals surface area contributed by atoms with Gasteiger partial charge in [0.2, 0.25) is 0 Å². The summed E-state index contributed by atoms with van der Waals surface area (Å²) < 4.78 is 5.45. The standard InChI is InChI=1S/C10H12BrNO3/c1-15-5-4-12-7-2-3-8(10(13)14)9(11)6-7/h2-3,6,12H,4-5H2,1H3,(H,13,14). The molecule has 0 heterocycles. The van der Waals surface area contributed by atoms with Crippen LogP contribution in [0.15, 0.2) is 22.7 Å². The molecule has 2 N–H and O–H groups in total. The largest absolute Gasteiger partial charge is 0.478 e. The number of nitrogens with one attached hydrogen (secondary N) is 1. The Labute approximate surface area is 96.4 Å². The summed E-state index contributed by atoms with van der Waals surface area (Å²) in [7, 11) is 1.63. The van der Waals surface area contributed by atoms with Crippen LogP contribution in [0.3, 0.4) is 0 Å². The van der Waals surface area contributed by atoms with E-state index in [4.69, 9.17) is 9.84 Å². The Balaban J connectivity index is 2.69. The molecule has 0 fully saturated rings. The predicted molar refractivity (Wildman–Crippen MR) is 61.5 cm³/mol. The zero-order valence-corrected chi connectivity index (χ0v) is 9.87. The predicted octanol–water partition coefficient (Wildman–Crippen LogP) is 2.21. The lowest BCUT2D eigenvalue weighted by molar-refractivity contribution is 0.0696. The monoisotopic (exact) mass is 273 g/mol. The number of halogens is 1. The second kappa shape index (κ2) is 5.72. The minimum absolute atomic E-state index is 0.257. The van der Waals surface area contributed by atoms with Crippen molar-refractivity contribution < 1.29 is 14.6 Å². The number of methoxy groups -OCH3 is 1. The Kier molecular flexibility index (Phi) is 4.58. The van der Waals surface area contributed by atoms with Crippen LogP contribution in [0.1, 0.15) is 10.4 Å². The van der Waals surface area contributed by atoms with Crippen molar-refractivity contribution in [2.45, 2.75) is 0 Å². The second-order valence-electron chi connectivity index (χ2n) is 2.92. The molecule has 1 aromatic carbocycles. The van der Waals surface area contributed by atoms with Crippen LogP contribution < -0.4 is 5.32 Å². The summed E-state index contributed by atoms with van der Waals surface area (Å²) in [6.45, 7) is 1.30. The van der Waals surface area contributed by atoms with Crippen molar-refractivity contribution in [2.24, 2.45) is 0 Å². The van der Waals surface area contributed by atoms with Crippen LogP contribution in [0.5, 0.6) is 0 Å². The van der Waals surface area contributed by atoms with Crippen molar-refractivity contribution in [3.8, 4) is 0 Å². The van der Waals surface area contributed by atoms with E-state index >= 15 is 0 Å². The van der Waals surface area contributed by atoms with Crippen LogP contribution in [0.25, 0.3) is 0 Å². The maximum atomic E-state index is 10.7. The van der Waals surface area contributed by atoms with Crippen molar-refractivity contribution in [1.29, 1.82) is 0 Å². The van der Waals surface area contributed by atoms with Gasteiger partial charge in [-0.1, -0.05) is 0 Å². The van der Waals surface area contributed by atoms with E-state index in [1.54, 1.807) is 25.3 Å². The van der Waals surface area contributed by atoms with Gasteiger partial charge in [-0.25, -0.2) is 4.79 Å². The summed E-state index contributed by atoms with van der Waals surface area (Å²) in [5.74, 6) is -0.940. The van der Waals surface area contributed by atoms with Crippen molar-refractivity contribution in [3.05, 3.63) is 28.2 Å². The lowest BCUT2D eigenvalue weighted by Crippen LogP contribution is -2.08. The number of carboxylic acid groups (broad SMARTS) is 1. The normalized spacial score (nSPS) is 10.0. The third-order valence-corrected chi connectivity index (χ3v) is 2.49. The quantitative estimate of drug-likeness (QED) is 0.808. The molecule has 0 atom stereocenters. The molecule has 0 saturated heterocycles. The molecule has 0 aliphatic rings. The van der Waals surface area contributed by atoms with Crippen molar-refractivity contribution >= 4 is 27.6 Å². The van der Waals surface area contributed by atoms with Gasteiger partial charge in [0.15, 0.2) is 0 Å². The van der Waals surface area contributed by atoms with Gasteiger partial charge in [0, 0.05) is 23.8 Å². The Morgan fingerprint density at radius 3 is 2.87 bits per heavy atom. The highest BCUT2D eigenvalue weighted by molar-refractivity contribution is 9.10. The first-order chi connectivity index (χ1) is 7.15. The molecule has 0 saturated carbocycles. The molecule has 5 heteroatoms. The first kappa shape index (κ1) is 12.0. The first-order valence-corrected chi connectivity index (χ1v) is 5.20. The molecule has 0 aliphatic heterocycles. The van der Waals surface area contributed by atoms with Gasteiger partial charge < -0.3 is 15.2 Å². The zero-order chi connectivity index (χ0) is 11.3. The molecule has 1 rings (SSSR count). The van der Waals surface area contributed by atoms with Crippen LogP contribution in [0.2, 0.25) is 0 Å². The van der Waals surface area contributed by atoms with Gasteiger partial charge in [-0.15, -0.1) is 0 Å². The molecule has 0 aliphatic carbocycles. The van der Waals surface area contributed by atoms with Crippen molar-refractivity contribution in [1.82, 2.24) is 0 Å². The van der Waals surface area contributed by atoms with Gasteiger partial charge >= 0.3 is 5.97 Å². The van der Waals surface area contributed by atoms with Crippen molar-refractivity contribution in [3.63, 3.8) is 0 Å². The molecule has 0 bridgehead atoms. The van der Waals surface area contributed by atoms with E-state index in [-0.39, 0.29) is 5.56 Å². The Bertz CT molecular complexity index is 355. The summed E-state index contributed by atoms with van der Waals surface area (Å²) in [5, 5.41) is 11.9. The van der Waals surface area contributed by atoms with Gasteiger partial charge in [-0.2, -0.15) is 0 Å². The summed E-state index contributed by atoms with van der Waals surface area (Å²) in [6.07, 6.45) is 0. The maximum absolute atomic E-state index is 10.7. The van der Waals surface area contributed by atoms with Crippen LogP contribution >= 0.6 is 15.9 Å². The first-order valence-electron chi connectivity index (χ1n) is 4.41. The van der Waals surface area contributed by atoms with Crippen LogP contribution in [-0.2, 0) is 4.74 Å². The van der Waals surface area contributed by atoms with E-state index in [0.29, 0.717) is 17.6 Å². The highest BCUT2D eigenvalue weighted by Crippen LogP contribution is 2.21. The molecule has 1 aromatic rings. The summed E-state index contributed by atoms with van der Waals surface area (Å²) >= 11 is 3.20. The number of hydrogen-bond acceptors (Lipinski definition) is 3. The Morgan fingerprint density at radius 2 is 2.33 bits per heavy atom. The molecular formula is C10H12BrNO3. The van der Waals surface area contributed by atoms with Crippen molar-refractivity contribution in [2.75, 3.05) is 25.6 Å². The van der Waals surface area contributed by atoms with E-state index in [1.165, 1.54) is 0 Å². The number of ether oxygens (including phenoxy) is 1. The highest BCUT2D eigenvalue weighted by atomic mass is 79.9. The van der Waals surface area contributed by atoms with E-state index in [0.717, 1.165) is 5.69 Å². The average Bonchev–Trinajstić information content (AvgIpc) is 2.17. The van der Waals surface area contributed by atoms with E-state index in [9.17, 15) is 4.79 Å². The number of anilines is 1. The third kappa shape index (κ3) is 3.53. The van der Waals surface area contributed by atoms with E-state index in [1.807, 2.05) is 0 Å². The molecule has 0 radical (unpaired) electrons. The third-order valence-electron chi connectivity index (χ3n) is 1.83. The number of carbonyl (C=O) groups is 1. The maximum Gasteiger partial charge on any atom is 0.336 e. The molecular weight excluding hydrogens is 262 g/mol. The Morgan fingerprint density at radius 1 is 1.60 bits per heavy atom. The molecule has 0 unspecified atom stereocenters. The molecule has 4 nitrogen and oxygen atoms in total. The highest BCUT2D eigenvalue weighted by Gasteiger charge is 2.07. The Hall–Kier alpha value is -1.07. The molecule has 15 heavy (non-hydrogen) atoms. The number of benzene rings is 1. The SMILES string of the molecule is COCCNc1ccc(C(=O)O)c(Br)c1. The zero-order valence-electron chi connectivity index (χ0n) is 8.29. The number of hydrogen-bond donors (Lipinski definition) is 2. The van der Waals surface area contributed by atoms with Gasteiger partial charge in [-0.3, -0.25) is 0 Å². The number of rotatable bonds is 5. The van der Waals surface area contributed by atoms with Crippen LogP contribution in [-0.4, -0.2) is 31.3 Å². The van der Waals surface area contributed by atoms with Crippen LogP contribution in [0.4, 0.5) is 5.69 Å². The fourth-order valence-corrected chi connectivity index (χ4v) is 1.64. The van der Waals surface area contributed by atoms with E-state index < -0.39 is 5.97 Å². The number of carboxylic acids is 1. The lowest BCUT2D eigenvalue weighted by atomic mass is 10.2. The molecule has 82 valence electrons. The molecule has 0 spiro atoms. The molecule has 0 amide bonds. The summed E-state index contributed by atoms with van der Waals surface area (Å²) in [6, 6.07) is 5.02. The minimum Gasteiger partial charge on any atom is -0.478 e. The van der Waals surface area contributed by atoms with E-state index in [2.05, 4.69) is 21.2 Å².